The van der Waals surface area contributed by atoms with E-state index in [2.05, 4.69) is 17.0 Å². The van der Waals surface area contributed by atoms with Crippen LogP contribution in [0.3, 0.4) is 0 Å². The lowest BCUT2D eigenvalue weighted by Crippen LogP contribution is -2.00. The number of anilines is 1. The summed E-state index contributed by atoms with van der Waals surface area (Å²) in [4.78, 5) is 2.54. The van der Waals surface area contributed by atoms with Crippen molar-refractivity contribution in [3.8, 4) is 0 Å². The van der Waals surface area contributed by atoms with Crippen LogP contribution in [0.15, 0.2) is 24.3 Å². The molecule has 74 valence electrons. The lowest BCUT2D eigenvalue weighted by atomic mass is 10.0. The number of halogens is 1. The molecule has 0 N–H and O–H groups in total. The Labute approximate surface area is 89.7 Å². The highest BCUT2D eigenvalue weighted by Crippen LogP contribution is 2.44. The van der Waals surface area contributed by atoms with Crippen LogP contribution in [0, 0.1) is 0 Å². The smallest absolute Gasteiger partial charge is 0.0497 e. The second kappa shape index (κ2) is 3.16. The summed E-state index contributed by atoms with van der Waals surface area (Å²) in [7, 11) is 0. The molecule has 0 radical (unpaired) electrons. The lowest BCUT2D eigenvalue weighted by Gasteiger charge is -2.04. The van der Waals surface area contributed by atoms with Gasteiger partial charge in [-0.25, -0.2) is 0 Å². The van der Waals surface area contributed by atoms with Crippen LogP contribution in [0.4, 0.5) is 5.69 Å². The normalized spacial score (nSPS) is 29.9. The van der Waals surface area contributed by atoms with E-state index in [0.29, 0.717) is 0 Å². The van der Waals surface area contributed by atoms with Gasteiger partial charge in [-0.15, -0.1) is 0 Å². The maximum atomic E-state index is 5.87. The molecule has 0 spiro atoms. The second-order valence-electron chi connectivity index (χ2n) is 4.30. The highest BCUT2D eigenvalue weighted by molar-refractivity contribution is 6.30. The van der Waals surface area contributed by atoms with Crippen LogP contribution in [0.25, 0.3) is 0 Å². The predicted molar refractivity (Wildman–Crippen MR) is 60.0 cm³/mol. The molecule has 0 bridgehead atoms. The zero-order valence-electron chi connectivity index (χ0n) is 8.12. The molecule has 2 aliphatic rings. The molecule has 1 heterocycles. The Morgan fingerprint density at radius 3 is 2.14 bits per heavy atom. The van der Waals surface area contributed by atoms with Crippen molar-refractivity contribution >= 4 is 17.3 Å². The van der Waals surface area contributed by atoms with E-state index in [1.807, 2.05) is 12.1 Å². The molecule has 1 aromatic carbocycles. The van der Waals surface area contributed by atoms with Gasteiger partial charge in [0.25, 0.3) is 0 Å². The number of hydrogen-bond donors (Lipinski definition) is 0. The van der Waals surface area contributed by atoms with Gasteiger partial charge in [-0.1, -0.05) is 24.4 Å². The Balaban J connectivity index is 1.81. The molecule has 1 saturated carbocycles. The van der Waals surface area contributed by atoms with E-state index >= 15 is 0 Å². The van der Waals surface area contributed by atoms with Crippen molar-refractivity contribution in [2.75, 3.05) is 4.90 Å². The fraction of sp³-hybridized carbons (Fsp3) is 0.500. The molecule has 1 nitrogen and oxygen atoms in total. The van der Waals surface area contributed by atoms with Gasteiger partial charge in [-0.3, -0.25) is 0 Å². The predicted octanol–water partition coefficient (Wildman–Crippen LogP) is 3.47. The van der Waals surface area contributed by atoms with Crippen LogP contribution in [0.2, 0.25) is 5.02 Å². The van der Waals surface area contributed by atoms with Crippen molar-refractivity contribution in [2.45, 2.75) is 37.8 Å². The topological polar surface area (TPSA) is 3.01 Å². The summed E-state index contributed by atoms with van der Waals surface area (Å²) in [5, 5.41) is 0.832. The molecule has 0 unspecified atom stereocenters. The first-order chi connectivity index (χ1) is 6.86. The van der Waals surface area contributed by atoms with Crippen LogP contribution >= 0.6 is 11.6 Å². The molecule has 3 rings (SSSR count). The van der Waals surface area contributed by atoms with Crippen molar-refractivity contribution in [3.05, 3.63) is 29.3 Å². The fourth-order valence-electron chi connectivity index (χ4n) is 2.70. The van der Waals surface area contributed by atoms with Gasteiger partial charge in [-0.2, -0.15) is 0 Å². The molecule has 2 heteroatoms. The summed E-state index contributed by atoms with van der Waals surface area (Å²) in [6, 6.07) is 9.93. The number of hydrogen-bond acceptors (Lipinski definition) is 1. The van der Waals surface area contributed by atoms with Crippen LogP contribution in [0.1, 0.15) is 25.7 Å². The number of rotatable bonds is 1. The highest BCUT2D eigenvalue weighted by atomic mass is 35.5. The van der Waals surface area contributed by atoms with Gasteiger partial charge in [0.15, 0.2) is 0 Å². The summed E-state index contributed by atoms with van der Waals surface area (Å²) in [5.74, 6) is 0. The van der Waals surface area contributed by atoms with Gasteiger partial charge in [0.2, 0.25) is 0 Å². The highest BCUT2D eigenvalue weighted by Gasteiger charge is 2.47. The lowest BCUT2D eigenvalue weighted by molar-refractivity contribution is 0.571. The van der Waals surface area contributed by atoms with Crippen LogP contribution < -0.4 is 4.90 Å². The first kappa shape index (κ1) is 8.60. The summed E-state index contributed by atoms with van der Waals surface area (Å²) in [5.41, 5.74) is 1.35. The van der Waals surface area contributed by atoms with Gasteiger partial charge in [0.1, 0.15) is 0 Å². The average Bonchev–Trinajstić information content (AvgIpc) is 2.93. The van der Waals surface area contributed by atoms with E-state index < -0.39 is 0 Å². The number of nitrogens with zero attached hydrogens (tertiary/aromatic N) is 1. The van der Waals surface area contributed by atoms with Crippen molar-refractivity contribution in [1.82, 2.24) is 0 Å². The van der Waals surface area contributed by atoms with Gasteiger partial charge >= 0.3 is 0 Å². The summed E-state index contributed by atoms with van der Waals surface area (Å²) >= 11 is 5.87. The molecular formula is C12H14ClN. The quantitative estimate of drug-likeness (QED) is 0.638. The number of fused-ring (bicyclic) bond motifs is 1. The maximum Gasteiger partial charge on any atom is 0.0497 e. The van der Waals surface area contributed by atoms with Gasteiger partial charge < -0.3 is 4.90 Å². The third-order valence-corrected chi connectivity index (χ3v) is 3.70. The maximum absolute atomic E-state index is 5.87. The minimum Gasteiger partial charge on any atom is -0.361 e. The van der Waals surface area contributed by atoms with Crippen LogP contribution in [-0.4, -0.2) is 12.1 Å². The van der Waals surface area contributed by atoms with Gasteiger partial charge in [0, 0.05) is 22.8 Å². The first-order valence-corrected chi connectivity index (χ1v) is 5.78. The zero-order chi connectivity index (χ0) is 9.54. The monoisotopic (exact) mass is 207 g/mol. The summed E-state index contributed by atoms with van der Waals surface area (Å²) < 4.78 is 0. The minimum absolute atomic E-state index is 0.832. The van der Waals surface area contributed by atoms with Crippen molar-refractivity contribution in [3.63, 3.8) is 0 Å². The van der Waals surface area contributed by atoms with Crippen molar-refractivity contribution in [2.24, 2.45) is 0 Å². The Morgan fingerprint density at radius 2 is 1.57 bits per heavy atom. The molecule has 1 aromatic rings. The van der Waals surface area contributed by atoms with Crippen LogP contribution in [0.5, 0.6) is 0 Å². The SMILES string of the molecule is Clc1ccc(N2[C@@H]3CCCC[C@@H]32)cc1. The van der Waals surface area contributed by atoms with E-state index in [1.54, 1.807) is 0 Å². The second-order valence-corrected chi connectivity index (χ2v) is 4.74. The van der Waals surface area contributed by atoms with E-state index in [9.17, 15) is 0 Å². The number of benzene rings is 1. The van der Waals surface area contributed by atoms with E-state index in [-0.39, 0.29) is 0 Å². The molecule has 2 fully saturated rings. The van der Waals surface area contributed by atoms with Gasteiger partial charge in [-0.05, 0) is 37.1 Å². The molecule has 14 heavy (non-hydrogen) atoms. The van der Waals surface area contributed by atoms with E-state index in [0.717, 1.165) is 17.1 Å². The molecule has 1 saturated heterocycles. The van der Waals surface area contributed by atoms with Crippen molar-refractivity contribution < 1.29 is 0 Å². The van der Waals surface area contributed by atoms with E-state index in [4.69, 9.17) is 11.6 Å². The molecule has 1 aliphatic heterocycles. The Hall–Kier alpha value is -0.690. The Bertz CT molecular complexity index is 321. The molecule has 0 aromatic heterocycles. The van der Waals surface area contributed by atoms with Gasteiger partial charge in [0.05, 0.1) is 0 Å². The largest absolute Gasteiger partial charge is 0.361 e. The third kappa shape index (κ3) is 1.31. The Morgan fingerprint density at radius 1 is 1.00 bits per heavy atom. The average molecular weight is 208 g/mol. The Kier molecular flexibility index (Phi) is 1.94. The fourth-order valence-corrected chi connectivity index (χ4v) is 2.83. The molecule has 2 atom stereocenters. The summed E-state index contributed by atoms with van der Waals surface area (Å²) in [6.45, 7) is 0. The third-order valence-electron chi connectivity index (χ3n) is 3.44. The zero-order valence-corrected chi connectivity index (χ0v) is 8.87. The summed E-state index contributed by atoms with van der Waals surface area (Å²) in [6.07, 6.45) is 5.58. The van der Waals surface area contributed by atoms with E-state index in [1.165, 1.54) is 31.4 Å². The minimum atomic E-state index is 0.832. The van der Waals surface area contributed by atoms with Crippen molar-refractivity contribution in [1.29, 1.82) is 0 Å². The molecule has 0 amide bonds. The first-order valence-electron chi connectivity index (χ1n) is 5.40. The standard InChI is InChI=1S/C12H14ClN/c13-9-5-7-10(8-6-9)14-11-3-1-2-4-12(11)14/h5-8,11-12H,1-4H2/t11-,12+,14?. The molecular weight excluding hydrogens is 194 g/mol. The molecule has 1 aliphatic carbocycles. The van der Waals surface area contributed by atoms with Crippen LogP contribution in [-0.2, 0) is 0 Å².